The molecule has 104 valence electrons. The first-order valence-electron chi connectivity index (χ1n) is 5.68. The molecular formula is C13H13F4NO. The van der Waals surface area contributed by atoms with Crippen LogP contribution in [0, 0.1) is 12.7 Å². The molecule has 0 N–H and O–H groups in total. The minimum Gasteiger partial charge on any atom is -0.361 e. The van der Waals surface area contributed by atoms with E-state index in [0.717, 1.165) is 12.1 Å². The van der Waals surface area contributed by atoms with Crippen molar-refractivity contribution in [2.24, 2.45) is 0 Å². The molecule has 0 unspecified atom stereocenters. The third-order valence-corrected chi connectivity index (χ3v) is 2.19. The molecule has 0 amide bonds. The number of aromatic nitrogens is 1. The van der Waals surface area contributed by atoms with Crippen molar-refractivity contribution >= 4 is 0 Å². The predicted octanol–water partition coefficient (Wildman–Crippen LogP) is 4.83. The first-order valence-corrected chi connectivity index (χ1v) is 5.68. The third-order valence-electron chi connectivity index (χ3n) is 2.19. The Bertz CT molecular complexity index is 546. The van der Waals surface area contributed by atoms with E-state index in [0.29, 0.717) is 11.8 Å². The molecule has 0 atom stereocenters. The average molecular weight is 275 g/mol. The molecular weight excluding hydrogens is 262 g/mol. The summed E-state index contributed by atoms with van der Waals surface area (Å²) in [6, 6.07) is 3.80. The van der Waals surface area contributed by atoms with Crippen LogP contribution in [0.25, 0.3) is 11.3 Å². The third kappa shape index (κ3) is 3.56. The van der Waals surface area contributed by atoms with Crippen molar-refractivity contribution in [3.05, 3.63) is 41.4 Å². The zero-order chi connectivity index (χ0) is 14.6. The van der Waals surface area contributed by atoms with E-state index in [1.807, 2.05) is 13.8 Å². The molecule has 2 rings (SSSR count). The fourth-order valence-electron chi connectivity index (χ4n) is 1.47. The Kier molecular flexibility index (Phi) is 4.69. The Morgan fingerprint density at radius 3 is 2.21 bits per heavy atom. The van der Waals surface area contributed by atoms with Crippen molar-refractivity contribution in [2.75, 3.05) is 0 Å². The van der Waals surface area contributed by atoms with Crippen LogP contribution in [0.2, 0.25) is 0 Å². The lowest BCUT2D eigenvalue weighted by molar-refractivity contribution is -0.137. The zero-order valence-corrected chi connectivity index (χ0v) is 10.7. The quantitative estimate of drug-likeness (QED) is 0.696. The van der Waals surface area contributed by atoms with Crippen molar-refractivity contribution in [2.45, 2.75) is 26.9 Å². The topological polar surface area (TPSA) is 26.0 Å². The fourth-order valence-corrected chi connectivity index (χ4v) is 1.47. The number of nitrogens with zero attached hydrogens (tertiary/aromatic N) is 1. The maximum absolute atomic E-state index is 12.9. The van der Waals surface area contributed by atoms with Crippen LogP contribution in [0.15, 0.2) is 28.8 Å². The van der Waals surface area contributed by atoms with Crippen molar-refractivity contribution in [1.29, 1.82) is 0 Å². The Balaban J connectivity index is 0.000000861. The van der Waals surface area contributed by atoms with Gasteiger partial charge in [-0.05, 0) is 25.1 Å². The molecule has 19 heavy (non-hydrogen) atoms. The van der Waals surface area contributed by atoms with Crippen LogP contribution in [0.4, 0.5) is 17.6 Å². The summed E-state index contributed by atoms with van der Waals surface area (Å²) in [5.41, 5.74) is -1.23. The van der Waals surface area contributed by atoms with Crippen LogP contribution in [0.5, 0.6) is 0 Å². The Hall–Kier alpha value is -1.85. The van der Waals surface area contributed by atoms with Gasteiger partial charge in [0.05, 0.1) is 5.56 Å². The molecule has 0 aliphatic heterocycles. The normalized spacial score (nSPS) is 10.9. The van der Waals surface area contributed by atoms with Gasteiger partial charge in [0, 0.05) is 11.6 Å². The van der Waals surface area contributed by atoms with Crippen LogP contribution < -0.4 is 0 Å². The number of halogens is 4. The molecule has 0 saturated heterocycles. The number of aryl methyl sites for hydroxylation is 1. The summed E-state index contributed by atoms with van der Waals surface area (Å²) in [5.74, 6) is -0.557. The highest BCUT2D eigenvalue weighted by molar-refractivity contribution is 5.64. The largest absolute Gasteiger partial charge is 0.417 e. The molecule has 0 fully saturated rings. The van der Waals surface area contributed by atoms with Gasteiger partial charge in [0.1, 0.15) is 17.3 Å². The Morgan fingerprint density at radius 1 is 1.11 bits per heavy atom. The maximum Gasteiger partial charge on any atom is 0.417 e. The van der Waals surface area contributed by atoms with Crippen molar-refractivity contribution < 1.29 is 22.1 Å². The summed E-state index contributed by atoms with van der Waals surface area (Å²) in [5, 5.41) is 3.49. The van der Waals surface area contributed by atoms with E-state index in [9.17, 15) is 17.6 Å². The van der Waals surface area contributed by atoms with Crippen molar-refractivity contribution in [1.82, 2.24) is 5.16 Å². The molecule has 2 nitrogen and oxygen atoms in total. The second-order valence-electron chi connectivity index (χ2n) is 3.51. The molecule has 0 radical (unpaired) electrons. The number of benzene rings is 1. The first-order chi connectivity index (χ1) is 8.88. The SMILES string of the molecule is CC.Cc1cc(-c2ccc(F)cc2C(F)(F)F)no1. The molecule has 1 aromatic carbocycles. The lowest BCUT2D eigenvalue weighted by Gasteiger charge is -2.10. The van der Waals surface area contributed by atoms with Gasteiger partial charge < -0.3 is 4.52 Å². The van der Waals surface area contributed by atoms with E-state index in [2.05, 4.69) is 5.16 Å². The van der Waals surface area contributed by atoms with Gasteiger partial charge in [-0.3, -0.25) is 0 Å². The summed E-state index contributed by atoms with van der Waals surface area (Å²) < 4.78 is 55.6. The Labute approximate surface area is 108 Å². The van der Waals surface area contributed by atoms with Crippen LogP contribution in [0.1, 0.15) is 25.2 Å². The average Bonchev–Trinajstić information content (AvgIpc) is 2.77. The summed E-state index contributed by atoms with van der Waals surface area (Å²) in [4.78, 5) is 0. The monoisotopic (exact) mass is 275 g/mol. The van der Waals surface area contributed by atoms with Crippen LogP contribution in [-0.2, 0) is 6.18 Å². The zero-order valence-electron chi connectivity index (χ0n) is 10.7. The molecule has 0 bridgehead atoms. The predicted molar refractivity (Wildman–Crippen MR) is 63.0 cm³/mol. The summed E-state index contributed by atoms with van der Waals surface area (Å²) in [7, 11) is 0. The highest BCUT2D eigenvalue weighted by Crippen LogP contribution is 2.37. The summed E-state index contributed by atoms with van der Waals surface area (Å²) in [6.07, 6.45) is -4.63. The maximum atomic E-state index is 12.9. The highest BCUT2D eigenvalue weighted by atomic mass is 19.4. The van der Waals surface area contributed by atoms with E-state index in [1.54, 1.807) is 6.92 Å². The van der Waals surface area contributed by atoms with Crippen molar-refractivity contribution in [3.63, 3.8) is 0 Å². The molecule has 0 aliphatic carbocycles. The molecule has 6 heteroatoms. The van der Waals surface area contributed by atoms with Crippen LogP contribution in [0.3, 0.4) is 0 Å². The van der Waals surface area contributed by atoms with Gasteiger partial charge >= 0.3 is 6.18 Å². The fraction of sp³-hybridized carbons (Fsp3) is 0.308. The van der Waals surface area contributed by atoms with E-state index in [4.69, 9.17) is 4.52 Å². The van der Waals surface area contributed by atoms with Gasteiger partial charge in [-0.1, -0.05) is 19.0 Å². The number of alkyl halides is 3. The number of hydrogen-bond donors (Lipinski definition) is 0. The molecule has 0 saturated carbocycles. The van der Waals surface area contributed by atoms with E-state index in [1.165, 1.54) is 6.07 Å². The van der Waals surface area contributed by atoms with Gasteiger partial charge in [0.25, 0.3) is 0 Å². The lowest BCUT2D eigenvalue weighted by Crippen LogP contribution is -2.07. The number of hydrogen-bond acceptors (Lipinski definition) is 2. The summed E-state index contributed by atoms with van der Waals surface area (Å²) >= 11 is 0. The molecule has 0 spiro atoms. The standard InChI is InChI=1S/C11H7F4NO.C2H6/c1-6-4-10(16-17-6)8-3-2-7(12)5-9(8)11(13,14)15;1-2/h2-5H,1H3;1-2H3. The van der Waals surface area contributed by atoms with Gasteiger partial charge in [0.2, 0.25) is 0 Å². The van der Waals surface area contributed by atoms with Crippen LogP contribution >= 0.6 is 0 Å². The van der Waals surface area contributed by atoms with Crippen LogP contribution in [-0.4, -0.2) is 5.16 Å². The number of rotatable bonds is 1. The molecule has 1 heterocycles. The smallest absolute Gasteiger partial charge is 0.361 e. The van der Waals surface area contributed by atoms with E-state index < -0.39 is 17.6 Å². The van der Waals surface area contributed by atoms with Gasteiger partial charge in [-0.2, -0.15) is 13.2 Å². The second kappa shape index (κ2) is 5.86. The lowest BCUT2D eigenvalue weighted by atomic mass is 10.0. The second-order valence-corrected chi connectivity index (χ2v) is 3.51. The van der Waals surface area contributed by atoms with Crippen molar-refractivity contribution in [3.8, 4) is 11.3 Å². The molecule has 0 aliphatic rings. The molecule has 1 aromatic heterocycles. The van der Waals surface area contributed by atoms with Gasteiger partial charge in [-0.25, -0.2) is 4.39 Å². The minimum atomic E-state index is -4.63. The highest BCUT2D eigenvalue weighted by Gasteiger charge is 2.34. The molecule has 2 aromatic rings. The van der Waals surface area contributed by atoms with E-state index in [-0.39, 0.29) is 11.3 Å². The van der Waals surface area contributed by atoms with E-state index >= 15 is 0 Å². The Morgan fingerprint density at radius 2 is 1.74 bits per heavy atom. The minimum absolute atomic E-state index is 0.0369. The first kappa shape index (κ1) is 15.2. The summed E-state index contributed by atoms with van der Waals surface area (Å²) in [6.45, 7) is 5.56. The van der Waals surface area contributed by atoms with Gasteiger partial charge in [-0.15, -0.1) is 0 Å². The van der Waals surface area contributed by atoms with Gasteiger partial charge in [0.15, 0.2) is 0 Å².